The van der Waals surface area contributed by atoms with Crippen LogP contribution in [0.15, 0.2) is 41.9 Å². The molecule has 0 bridgehead atoms. The van der Waals surface area contributed by atoms with Crippen molar-refractivity contribution >= 4 is 22.4 Å². The summed E-state index contributed by atoms with van der Waals surface area (Å²) in [4.78, 5) is 9.18. The highest BCUT2D eigenvalue weighted by atomic mass is 32.1. The molecule has 3 rings (SSSR count). The van der Waals surface area contributed by atoms with Crippen molar-refractivity contribution in [3.8, 4) is 10.6 Å². The van der Waals surface area contributed by atoms with Crippen LogP contribution in [0.25, 0.3) is 21.6 Å². The third-order valence-corrected chi connectivity index (χ3v) is 3.21. The maximum absolute atomic E-state index is 13.4. The van der Waals surface area contributed by atoms with E-state index in [9.17, 15) is 4.39 Å². The topological polar surface area (TPSA) is 25.8 Å². The van der Waals surface area contributed by atoms with Gasteiger partial charge in [-0.3, -0.25) is 4.98 Å². The average Bonchev–Trinajstić information content (AvgIpc) is 2.75. The number of halogens is 1. The third kappa shape index (κ3) is 1.47. The lowest BCUT2D eigenvalue weighted by Gasteiger charge is -1.99. The van der Waals surface area contributed by atoms with Gasteiger partial charge >= 0.3 is 0 Å². The van der Waals surface area contributed by atoms with Crippen molar-refractivity contribution in [1.82, 2.24) is 9.97 Å². The molecule has 1 aromatic carbocycles. The molecule has 78 valence electrons. The minimum atomic E-state index is -0.241. The van der Waals surface area contributed by atoms with E-state index >= 15 is 0 Å². The van der Waals surface area contributed by atoms with Crippen LogP contribution in [0.1, 0.15) is 0 Å². The standard InChI is InChI=1S/C12H7FN2S/c13-8-5-6-16-12(8)11-7-14-9-3-1-2-4-10(9)15-11/h1-7H. The summed E-state index contributed by atoms with van der Waals surface area (Å²) in [6.07, 6.45) is 1.61. The second kappa shape index (κ2) is 3.64. The van der Waals surface area contributed by atoms with E-state index in [2.05, 4.69) is 9.97 Å². The first kappa shape index (κ1) is 9.42. The lowest BCUT2D eigenvalue weighted by Crippen LogP contribution is -1.87. The summed E-state index contributed by atoms with van der Waals surface area (Å²) < 4.78 is 13.4. The van der Waals surface area contributed by atoms with Crippen LogP contribution in [0.3, 0.4) is 0 Å². The monoisotopic (exact) mass is 230 g/mol. The maximum Gasteiger partial charge on any atom is 0.143 e. The average molecular weight is 230 g/mol. The molecule has 0 atom stereocenters. The van der Waals surface area contributed by atoms with E-state index in [-0.39, 0.29) is 5.82 Å². The number of hydrogen-bond acceptors (Lipinski definition) is 3. The predicted molar refractivity (Wildman–Crippen MR) is 62.8 cm³/mol. The Morgan fingerprint density at radius 2 is 1.88 bits per heavy atom. The lowest BCUT2D eigenvalue weighted by atomic mass is 10.3. The molecule has 2 nitrogen and oxygen atoms in total. The second-order valence-electron chi connectivity index (χ2n) is 3.34. The highest BCUT2D eigenvalue weighted by Crippen LogP contribution is 2.27. The molecular formula is C12H7FN2S. The van der Waals surface area contributed by atoms with E-state index in [1.807, 2.05) is 24.3 Å². The summed E-state index contributed by atoms with van der Waals surface area (Å²) in [5, 5.41) is 1.71. The van der Waals surface area contributed by atoms with Gasteiger partial charge in [-0.15, -0.1) is 11.3 Å². The van der Waals surface area contributed by atoms with Gasteiger partial charge in [0.15, 0.2) is 0 Å². The molecule has 4 heteroatoms. The molecule has 3 aromatic rings. The van der Waals surface area contributed by atoms with Crippen LogP contribution in [0.2, 0.25) is 0 Å². The molecule has 2 heterocycles. The summed E-state index contributed by atoms with van der Waals surface area (Å²) >= 11 is 1.33. The molecule has 0 N–H and O–H groups in total. The smallest absolute Gasteiger partial charge is 0.143 e. The zero-order valence-corrected chi connectivity index (χ0v) is 9.04. The van der Waals surface area contributed by atoms with Gasteiger partial charge in [0, 0.05) is 0 Å². The quantitative estimate of drug-likeness (QED) is 0.639. The molecule has 0 radical (unpaired) electrons. The van der Waals surface area contributed by atoms with Crippen molar-refractivity contribution < 1.29 is 4.39 Å². The van der Waals surface area contributed by atoms with Crippen molar-refractivity contribution in [2.24, 2.45) is 0 Å². The SMILES string of the molecule is Fc1ccsc1-c1cnc2ccccc2n1. The Bertz CT molecular complexity index is 648. The van der Waals surface area contributed by atoms with Crippen LogP contribution in [-0.4, -0.2) is 9.97 Å². The fourth-order valence-electron chi connectivity index (χ4n) is 1.54. The lowest BCUT2D eigenvalue weighted by molar-refractivity contribution is 0.636. The number of para-hydroxylation sites is 2. The summed E-state index contributed by atoms with van der Waals surface area (Å²) in [5.41, 5.74) is 2.20. The Balaban J connectivity index is 2.23. The van der Waals surface area contributed by atoms with Gasteiger partial charge < -0.3 is 0 Å². The summed E-state index contributed by atoms with van der Waals surface area (Å²) in [6.45, 7) is 0. The Labute approximate surface area is 95.4 Å². The van der Waals surface area contributed by atoms with Crippen LogP contribution in [0.4, 0.5) is 4.39 Å². The molecule has 0 fully saturated rings. The minimum absolute atomic E-state index is 0.241. The van der Waals surface area contributed by atoms with Crippen molar-refractivity contribution in [3.05, 3.63) is 47.7 Å². The van der Waals surface area contributed by atoms with Gasteiger partial charge in [0.25, 0.3) is 0 Å². The Hall–Kier alpha value is -1.81. The van der Waals surface area contributed by atoms with E-state index in [4.69, 9.17) is 0 Å². The number of hydrogen-bond donors (Lipinski definition) is 0. The zero-order chi connectivity index (χ0) is 11.0. The predicted octanol–water partition coefficient (Wildman–Crippen LogP) is 3.50. The second-order valence-corrected chi connectivity index (χ2v) is 4.26. The van der Waals surface area contributed by atoms with Crippen molar-refractivity contribution in [3.63, 3.8) is 0 Å². The van der Waals surface area contributed by atoms with Crippen LogP contribution in [0.5, 0.6) is 0 Å². The van der Waals surface area contributed by atoms with Crippen molar-refractivity contribution in [1.29, 1.82) is 0 Å². The first-order valence-corrected chi connectivity index (χ1v) is 5.68. The van der Waals surface area contributed by atoms with Crippen LogP contribution in [-0.2, 0) is 0 Å². The summed E-state index contributed by atoms with van der Waals surface area (Å²) in [7, 11) is 0. The molecule has 16 heavy (non-hydrogen) atoms. The molecular weight excluding hydrogens is 223 g/mol. The molecule has 0 saturated heterocycles. The number of nitrogens with zero attached hydrogens (tertiary/aromatic N) is 2. The van der Waals surface area contributed by atoms with Crippen LogP contribution < -0.4 is 0 Å². The first-order chi connectivity index (χ1) is 7.84. The summed E-state index contributed by atoms with van der Waals surface area (Å²) in [5.74, 6) is -0.241. The zero-order valence-electron chi connectivity index (χ0n) is 8.22. The molecule has 0 amide bonds. The largest absolute Gasteiger partial charge is 0.252 e. The number of thiophene rings is 1. The number of aromatic nitrogens is 2. The van der Waals surface area contributed by atoms with Crippen molar-refractivity contribution in [2.75, 3.05) is 0 Å². The van der Waals surface area contributed by atoms with E-state index in [0.717, 1.165) is 11.0 Å². The van der Waals surface area contributed by atoms with E-state index in [0.29, 0.717) is 10.6 Å². The third-order valence-electron chi connectivity index (χ3n) is 2.30. The van der Waals surface area contributed by atoms with Gasteiger partial charge in [0.2, 0.25) is 0 Å². The van der Waals surface area contributed by atoms with Gasteiger partial charge in [-0.1, -0.05) is 12.1 Å². The highest BCUT2D eigenvalue weighted by Gasteiger charge is 2.08. The van der Waals surface area contributed by atoms with Gasteiger partial charge in [0.1, 0.15) is 11.5 Å². The van der Waals surface area contributed by atoms with E-state index in [1.54, 1.807) is 11.6 Å². The fourth-order valence-corrected chi connectivity index (χ4v) is 2.27. The molecule has 0 unspecified atom stereocenters. The van der Waals surface area contributed by atoms with Gasteiger partial charge in [-0.05, 0) is 23.6 Å². The molecule has 0 saturated carbocycles. The Morgan fingerprint density at radius 3 is 2.62 bits per heavy atom. The number of benzene rings is 1. The molecule has 0 spiro atoms. The Morgan fingerprint density at radius 1 is 1.06 bits per heavy atom. The van der Waals surface area contributed by atoms with Gasteiger partial charge in [-0.2, -0.15) is 0 Å². The first-order valence-electron chi connectivity index (χ1n) is 4.80. The highest BCUT2D eigenvalue weighted by molar-refractivity contribution is 7.13. The number of rotatable bonds is 1. The molecule has 0 aliphatic heterocycles. The maximum atomic E-state index is 13.4. The van der Waals surface area contributed by atoms with Crippen molar-refractivity contribution in [2.45, 2.75) is 0 Å². The van der Waals surface area contributed by atoms with Gasteiger partial charge in [0.05, 0.1) is 22.1 Å². The van der Waals surface area contributed by atoms with E-state index < -0.39 is 0 Å². The van der Waals surface area contributed by atoms with Gasteiger partial charge in [-0.25, -0.2) is 9.37 Å². The molecule has 0 aliphatic carbocycles. The normalized spacial score (nSPS) is 10.8. The van der Waals surface area contributed by atoms with Crippen LogP contribution >= 0.6 is 11.3 Å². The molecule has 0 aliphatic rings. The van der Waals surface area contributed by atoms with Crippen LogP contribution in [0, 0.1) is 5.82 Å². The molecule has 2 aromatic heterocycles. The minimum Gasteiger partial charge on any atom is -0.252 e. The number of fused-ring (bicyclic) bond motifs is 1. The van der Waals surface area contributed by atoms with E-state index in [1.165, 1.54) is 17.4 Å². The Kier molecular flexibility index (Phi) is 2.15. The summed E-state index contributed by atoms with van der Waals surface area (Å²) in [6, 6.07) is 9.00. The fraction of sp³-hybridized carbons (Fsp3) is 0.